The Bertz CT molecular complexity index is 590. The van der Waals surface area contributed by atoms with Crippen LogP contribution in [0.5, 0.6) is 17.4 Å². The van der Waals surface area contributed by atoms with Gasteiger partial charge in [-0.1, -0.05) is 27.7 Å². The first kappa shape index (κ1) is 20.7. The molecule has 0 saturated carbocycles. The molecule has 0 unspecified atom stereocenters. The smallest absolute Gasteiger partial charge is 0.420 e. The van der Waals surface area contributed by atoms with Crippen LogP contribution in [-0.4, -0.2) is 34.7 Å². The maximum Gasteiger partial charge on any atom is 0.420 e. The highest BCUT2D eigenvalue weighted by atomic mass is 16.6. The highest BCUT2D eigenvalue weighted by molar-refractivity contribution is 5.95. The Morgan fingerprint density at radius 3 is 2.56 bits per heavy atom. The van der Waals surface area contributed by atoms with Gasteiger partial charge in [0, 0.05) is 12.3 Å². The van der Waals surface area contributed by atoms with Crippen LogP contribution in [0.3, 0.4) is 0 Å². The zero-order valence-electron chi connectivity index (χ0n) is 15.1. The number of carbonyl (C=O) groups excluding carboxylic acids is 2. The number of aromatic nitrogens is 1. The van der Waals surface area contributed by atoms with Crippen LogP contribution in [0.4, 0.5) is 4.79 Å². The molecule has 1 atom stereocenters. The molecule has 1 aromatic heterocycles. The number of ether oxygens (including phenoxy) is 2. The minimum absolute atomic E-state index is 0.154. The monoisotopic (exact) mass is 353 g/mol. The lowest BCUT2D eigenvalue weighted by atomic mass is 10.0. The maximum absolute atomic E-state index is 11.8. The Morgan fingerprint density at radius 1 is 1.28 bits per heavy atom. The maximum atomic E-state index is 11.8. The number of nitrogens with one attached hydrogen (secondary N) is 1. The van der Waals surface area contributed by atoms with Crippen LogP contribution >= 0.6 is 0 Å². The molecule has 1 heterocycles. The van der Waals surface area contributed by atoms with Crippen molar-refractivity contribution in [2.24, 2.45) is 17.6 Å². The third-order valence-electron chi connectivity index (χ3n) is 3.28. The molecular formula is C17H27N3O5. The van der Waals surface area contributed by atoms with Crippen molar-refractivity contribution < 1.29 is 24.2 Å². The SMILES string of the molecule is CC(C)CCOc1ccnc(OC(=O)NC(=O)[C@@H](N)CC(C)C)c1O. The standard InChI is InChI=1S/C17H27N3O5/c1-10(2)6-8-24-13-5-7-19-16(14(13)21)25-17(23)20-15(22)12(18)9-11(3)4/h5,7,10-12,21H,6,8-9,18H2,1-4H3,(H,20,22,23)/t12-/m0/s1. The van der Waals surface area contributed by atoms with Crippen molar-refractivity contribution in [3.63, 3.8) is 0 Å². The molecule has 0 saturated heterocycles. The first-order valence-corrected chi connectivity index (χ1v) is 8.29. The minimum Gasteiger partial charge on any atom is -0.501 e. The van der Waals surface area contributed by atoms with Gasteiger partial charge in [0.2, 0.25) is 11.7 Å². The van der Waals surface area contributed by atoms with Gasteiger partial charge in [0.1, 0.15) is 0 Å². The molecule has 140 valence electrons. The van der Waals surface area contributed by atoms with Crippen LogP contribution in [-0.2, 0) is 4.79 Å². The molecule has 2 amide bonds. The van der Waals surface area contributed by atoms with Crippen molar-refractivity contribution in [3.05, 3.63) is 12.3 Å². The number of pyridine rings is 1. The number of hydrogen-bond donors (Lipinski definition) is 3. The van der Waals surface area contributed by atoms with Crippen molar-refractivity contribution in [2.45, 2.75) is 46.6 Å². The van der Waals surface area contributed by atoms with E-state index >= 15 is 0 Å². The van der Waals surface area contributed by atoms with Gasteiger partial charge in [-0.05, 0) is 24.7 Å². The first-order chi connectivity index (χ1) is 11.7. The molecule has 0 aliphatic rings. The molecule has 0 bridgehead atoms. The molecule has 1 rings (SSSR count). The Hall–Kier alpha value is -2.35. The largest absolute Gasteiger partial charge is 0.501 e. The first-order valence-electron chi connectivity index (χ1n) is 8.29. The van der Waals surface area contributed by atoms with Crippen LogP contribution in [0.1, 0.15) is 40.5 Å². The second-order valence-corrected chi connectivity index (χ2v) is 6.61. The molecule has 0 aliphatic carbocycles. The summed E-state index contributed by atoms with van der Waals surface area (Å²) in [4.78, 5) is 27.3. The summed E-state index contributed by atoms with van der Waals surface area (Å²) in [6.07, 6.45) is 1.51. The molecule has 0 aromatic carbocycles. The molecule has 8 heteroatoms. The number of carbonyl (C=O) groups is 2. The molecular weight excluding hydrogens is 326 g/mol. The van der Waals surface area contributed by atoms with Gasteiger partial charge in [0.25, 0.3) is 5.88 Å². The zero-order chi connectivity index (χ0) is 19.0. The number of rotatable bonds is 8. The zero-order valence-corrected chi connectivity index (χ0v) is 15.1. The van der Waals surface area contributed by atoms with E-state index < -0.39 is 23.8 Å². The van der Waals surface area contributed by atoms with Crippen LogP contribution in [0.15, 0.2) is 12.3 Å². The van der Waals surface area contributed by atoms with Gasteiger partial charge in [0.15, 0.2) is 5.75 Å². The quantitative estimate of drug-likeness (QED) is 0.654. The average molecular weight is 353 g/mol. The molecule has 1 aromatic rings. The highest BCUT2D eigenvalue weighted by Gasteiger charge is 2.20. The number of imide groups is 1. The lowest BCUT2D eigenvalue weighted by Gasteiger charge is -2.14. The third-order valence-corrected chi connectivity index (χ3v) is 3.28. The number of aromatic hydroxyl groups is 1. The minimum atomic E-state index is -1.06. The lowest BCUT2D eigenvalue weighted by molar-refractivity contribution is -0.121. The Morgan fingerprint density at radius 2 is 1.96 bits per heavy atom. The van der Waals surface area contributed by atoms with Gasteiger partial charge in [-0.25, -0.2) is 9.78 Å². The highest BCUT2D eigenvalue weighted by Crippen LogP contribution is 2.33. The van der Waals surface area contributed by atoms with Crippen LogP contribution in [0, 0.1) is 11.8 Å². The van der Waals surface area contributed by atoms with Crippen molar-refractivity contribution in [1.82, 2.24) is 10.3 Å². The fraction of sp³-hybridized carbons (Fsp3) is 0.588. The van der Waals surface area contributed by atoms with Gasteiger partial charge < -0.3 is 20.3 Å². The van der Waals surface area contributed by atoms with E-state index in [1.807, 2.05) is 19.2 Å². The predicted molar refractivity (Wildman–Crippen MR) is 92.4 cm³/mol. The lowest BCUT2D eigenvalue weighted by Crippen LogP contribution is -2.45. The molecule has 8 nitrogen and oxygen atoms in total. The van der Waals surface area contributed by atoms with Crippen LogP contribution in [0.25, 0.3) is 0 Å². The summed E-state index contributed by atoms with van der Waals surface area (Å²) in [6, 6.07) is 0.643. The molecule has 25 heavy (non-hydrogen) atoms. The van der Waals surface area contributed by atoms with E-state index in [0.717, 1.165) is 6.42 Å². The summed E-state index contributed by atoms with van der Waals surface area (Å²) in [6.45, 7) is 8.34. The summed E-state index contributed by atoms with van der Waals surface area (Å²) >= 11 is 0. The topological polar surface area (TPSA) is 124 Å². The van der Waals surface area contributed by atoms with Crippen LogP contribution < -0.4 is 20.5 Å². The Balaban J connectivity index is 2.63. The van der Waals surface area contributed by atoms with E-state index in [1.54, 1.807) is 0 Å². The van der Waals surface area contributed by atoms with E-state index in [-0.39, 0.29) is 17.5 Å². The second kappa shape index (κ2) is 9.83. The van der Waals surface area contributed by atoms with Gasteiger partial charge in [-0.2, -0.15) is 0 Å². The second-order valence-electron chi connectivity index (χ2n) is 6.61. The number of hydrogen-bond acceptors (Lipinski definition) is 7. The summed E-state index contributed by atoms with van der Waals surface area (Å²) in [5.74, 6) is -0.581. The molecule has 0 fully saturated rings. The average Bonchev–Trinajstić information content (AvgIpc) is 2.49. The van der Waals surface area contributed by atoms with E-state index in [2.05, 4.69) is 18.8 Å². The summed E-state index contributed by atoms with van der Waals surface area (Å²) < 4.78 is 10.3. The number of amides is 2. The normalized spacial score (nSPS) is 12.1. The molecule has 0 radical (unpaired) electrons. The summed E-state index contributed by atoms with van der Waals surface area (Å²) in [7, 11) is 0. The fourth-order valence-electron chi connectivity index (χ4n) is 1.94. The van der Waals surface area contributed by atoms with E-state index in [1.165, 1.54) is 12.3 Å². The van der Waals surface area contributed by atoms with E-state index in [4.69, 9.17) is 15.2 Å². The fourth-order valence-corrected chi connectivity index (χ4v) is 1.94. The van der Waals surface area contributed by atoms with Crippen LogP contribution in [0.2, 0.25) is 0 Å². The molecule has 4 N–H and O–H groups in total. The van der Waals surface area contributed by atoms with Gasteiger partial charge in [-0.3, -0.25) is 10.1 Å². The van der Waals surface area contributed by atoms with E-state index in [9.17, 15) is 14.7 Å². The van der Waals surface area contributed by atoms with E-state index in [0.29, 0.717) is 18.9 Å². The number of nitrogens with two attached hydrogens (primary N) is 1. The predicted octanol–water partition coefficient (Wildman–Crippen LogP) is 2.20. The van der Waals surface area contributed by atoms with Crippen molar-refractivity contribution in [1.29, 1.82) is 0 Å². The van der Waals surface area contributed by atoms with Gasteiger partial charge in [-0.15, -0.1) is 0 Å². The Kier molecular flexibility index (Phi) is 8.13. The summed E-state index contributed by atoms with van der Waals surface area (Å²) in [5.41, 5.74) is 5.69. The summed E-state index contributed by atoms with van der Waals surface area (Å²) in [5, 5.41) is 12.1. The van der Waals surface area contributed by atoms with Crippen molar-refractivity contribution in [3.8, 4) is 17.4 Å². The van der Waals surface area contributed by atoms with Gasteiger partial charge >= 0.3 is 6.09 Å². The molecule has 0 spiro atoms. The molecule has 0 aliphatic heterocycles. The number of nitrogens with zero attached hydrogens (tertiary/aromatic N) is 1. The van der Waals surface area contributed by atoms with Crippen molar-refractivity contribution in [2.75, 3.05) is 6.61 Å². The van der Waals surface area contributed by atoms with Crippen molar-refractivity contribution >= 4 is 12.0 Å². The third kappa shape index (κ3) is 7.38. The Labute approximate surface area is 147 Å². The van der Waals surface area contributed by atoms with Gasteiger partial charge in [0.05, 0.1) is 12.6 Å².